The zero-order chi connectivity index (χ0) is 34.2. The Balaban J connectivity index is 1.15. The molecule has 49 heavy (non-hydrogen) atoms. The minimum Gasteiger partial charge on any atom is -0.393 e. The summed E-state index contributed by atoms with van der Waals surface area (Å²) in [6.45, 7) is 4.51. The van der Waals surface area contributed by atoms with Crippen molar-refractivity contribution < 1.29 is 14.4 Å². The molecule has 2 aliphatic carbocycles. The van der Waals surface area contributed by atoms with Crippen LogP contribution in [-0.2, 0) is 20.9 Å². The Morgan fingerprint density at radius 1 is 1.04 bits per heavy atom. The summed E-state index contributed by atoms with van der Waals surface area (Å²) in [5.74, 6) is 0.117. The fourth-order valence-electron chi connectivity index (χ4n) is 6.74. The second kappa shape index (κ2) is 13.3. The van der Waals surface area contributed by atoms with Crippen LogP contribution in [0.5, 0.6) is 0 Å². The van der Waals surface area contributed by atoms with E-state index in [1.165, 1.54) is 11.8 Å². The number of pyridine rings is 1. The fraction of sp³-hybridized carbons (Fsp3) is 0.400. The summed E-state index contributed by atoms with van der Waals surface area (Å²) in [4.78, 5) is 45.5. The number of nitrogens with two attached hydrogens (primary N) is 2. The van der Waals surface area contributed by atoms with E-state index in [-0.39, 0.29) is 47.4 Å². The van der Waals surface area contributed by atoms with Crippen LogP contribution in [-0.4, -0.2) is 64.1 Å². The molecule has 14 heteroatoms. The largest absolute Gasteiger partial charge is 0.393 e. The molecule has 3 aromatic rings. The second-order valence-electron chi connectivity index (χ2n) is 13.3. The summed E-state index contributed by atoms with van der Waals surface area (Å²) < 4.78 is 2.18. The molecular formula is C35H43N11O3. The molecule has 3 amide bonds. The van der Waals surface area contributed by atoms with E-state index in [0.717, 1.165) is 73.4 Å². The first-order chi connectivity index (χ1) is 23.7. The number of aromatic nitrogens is 3. The Labute approximate surface area is 285 Å². The van der Waals surface area contributed by atoms with E-state index in [1.807, 2.05) is 30.5 Å². The Morgan fingerprint density at radius 3 is 2.53 bits per heavy atom. The zero-order valence-corrected chi connectivity index (χ0v) is 27.8. The first-order valence-corrected chi connectivity index (χ1v) is 16.9. The third-order valence-corrected chi connectivity index (χ3v) is 9.60. The van der Waals surface area contributed by atoms with Gasteiger partial charge in [0, 0.05) is 55.8 Å². The lowest BCUT2D eigenvalue weighted by molar-refractivity contribution is -0.121. The Bertz CT molecular complexity index is 1840. The van der Waals surface area contributed by atoms with Crippen LogP contribution in [0.4, 0.5) is 17.2 Å². The van der Waals surface area contributed by atoms with Gasteiger partial charge in [-0.05, 0) is 50.3 Å². The van der Waals surface area contributed by atoms with Crippen LogP contribution in [0.3, 0.4) is 0 Å². The van der Waals surface area contributed by atoms with Gasteiger partial charge in [-0.15, -0.1) is 0 Å². The van der Waals surface area contributed by atoms with Crippen molar-refractivity contribution >= 4 is 35.4 Å². The van der Waals surface area contributed by atoms with Crippen molar-refractivity contribution in [3.63, 3.8) is 0 Å². The van der Waals surface area contributed by atoms with E-state index >= 15 is 0 Å². The molecule has 14 nitrogen and oxygen atoms in total. The summed E-state index contributed by atoms with van der Waals surface area (Å²) in [6, 6.07) is 12.0. The molecule has 4 heterocycles. The van der Waals surface area contributed by atoms with Gasteiger partial charge in [-0.1, -0.05) is 25.1 Å². The topological polar surface area (TPSA) is 189 Å². The van der Waals surface area contributed by atoms with Crippen molar-refractivity contribution in [3.05, 3.63) is 77.3 Å². The lowest BCUT2D eigenvalue weighted by Crippen LogP contribution is -2.48. The zero-order valence-electron chi connectivity index (χ0n) is 27.8. The third kappa shape index (κ3) is 6.68. The molecule has 256 valence electrons. The highest BCUT2D eigenvalue weighted by atomic mass is 16.2. The number of amides is 3. The Kier molecular flexibility index (Phi) is 8.71. The van der Waals surface area contributed by atoms with Crippen molar-refractivity contribution in [1.82, 2.24) is 30.3 Å². The van der Waals surface area contributed by atoms with Gasteiger partial charge in [0.05, 0.1) is 46.7 Å². The predicted octanol–water partition coefficient (Wildman–Crippen LogP) is 2.66. The average molecular weight is 666 g/mol. The number of anilines is 3. The number of allylic oxidation sites excluding steroid dienone is 1. The van der Waals surface area contributed by atoms with E-state index in [1.54, 1.807) is 6.07 Å². The number of likely N-dealkylation sites (tertiary alicyclic amines) is 1. The van der Waals surface area contributed by atoms with E-state index in [4.69, 9.17) is 16.6 Å². The normalized spacial score (nSPS) is 19.6. The van der Waals surface area contributed by atoms with Gasteiger partial charge in [-0.2, -0.15) is 5.10 Å². The summed E-state index contributed by atoms with van der Waals surface area (Å²) in [6.07, 6.45) is 8.49. The number of hydrogen-bond acceptors (Lipinski definition) is 10. The van der Waals surface area contributed by atoms with E-state index in [9.17, 15) is 14.4 Å². The number of hydrogen-bond donors (Lipinski definition) is 6. The third-order valence-electron chi connectivity index (χ3n) is 9.60. The maximum absolute atomic E-state index is 13.1. The molecule has 2 aliphatic heterocycles. The minimum absolute atomic E-state index is 0.0106. The van der Waals surface area contributed by atoms with Crippen molar-refractivity contribution in [2.75, 3.05) is 35.7 Å². The number of fused-ring (bicyclic) bond motifs is 3. The average Bonchev–Trinajstić information content (AvgIpc) is 4.01. The molecule has 0 radical (unpaired) electrons. The van der Waals surface area contributed by atoms with Gasteiger partial charge in [0.25, 0.3) is 5.91 Å². The van der Waals surface area contributed by atoms with Crippen molar-refractivity contribution in [2.24, 2.45) is 17.4 Å². The Hall–Kier alpha value is -5.37. The number of carbonyl (C=O) groups is 3. The van der Waals surface area contributed by atoms with Gasteiger partial charge in [-0.25, -0.2) is 4.98 Å². The van der Waals surface area contributed by atoms with Crippen LogP contribution >= 0.6 is 0 Å². The van der Waals surface area contributed by atoms with Crippen LogP contribution in [0.2, 0.25) is 0 Å². The molecule has 8 N–H and O–H groups in total. The van der Waals surface area contributed by atoms with E-state index in [2.05, 4.69) is 60.8 Å². The summed E-state index contributed by atoms with van der Waals surface area (Å²) in [7, 11) is 2.07. The minimum atomic E-state index is -0.383. The van der Waals surface area contributed by atoms with Crippen molar-refractivity contribution in [3.8, 4) is 11.1 Å². The maximum Gasteiger partial charge on any atom is 0.269 e. The van der Waals surface area contributed by atoms with Crippen molar-refractivity contribution in [2.45, 2.75) is 63.7 Å². The van der Waals surface area contributed by atoms with Crippen LogP contribution in [0.25, 0.3) is 11.1 Å². The summed E-state index contributed by atoms with van der Waals surface area (Å²) >= 11 is 0. The first kappa shape index (κ1) is 32.2. The predicted molar refractivity (Wildman–Crippen MR) is 186 cm³/mol. The maximum atomic E-state index is 13.1. The molecule has 1 atom stereocenters. The second-order valence-corrected chi connectivity index (χ2v) is 13.3. The highest BCUT2D eigenvalue weighted by Crippen LogP contribution is 2.49. The number of rotatable bonds is 13. The standard InChI is InChI=1S/C35H43N11O3/c1-3-28-33-25(15-39-46(33)23-17-45(18-23)16-22-6-4-9-30(40-22)38-19-47)24-7-5-8-26(32(24)44(28)2)42-27(31(37)35(49)41-21-12-13-21)14-29(36)43-34(48)20-10-11-20/h4-9,14-15,19-21,23,28,42H,3,10-13,16-18,36-37H2,1-2H3,(H,41,49)(H,43,48)(H,38,40,47)/b29-14+,31-27+. The monoisotopic (exact) mass is 665 g/mol. The van der Waals surface area contributed by atoms with Crippen LogP contribution in [0.1, 0.15) is 62.5 Å². The SMILES string of the molecule is CCC1c2c(cnn2C2CN(Cc3cccc(NC=O)n3)C2)-c2cccc(NC(/C=C(\N)NC(=O)C3CC3)=C(/N)C(=O)NC3CC3)c2N1C. The van der Waals surface area contributed by atoms with Gasteiger partial charge in [0.2, 0.25) is 12.3 Å². The lowest BCUT2D eigenvalue weighted by Gasteiger charge is -2.43. The molecule has 2 saturated carbocycles. The number of para-hydroxylation sites is 1. The highest BCUT2D eigenvalue weighted by molar-refractivity contribution is 5.96. The molecule has 0 spiro atoms. The molecule has 3 fully saturated rings. The fourth-order valence-corrected chi connectivity index (χ4v) is 6.74. The van der Waals surface area contributed by atoms with Gasteiger partial charge >= 0.3 is 0 Å². The number of nitrogens with zero attached hydrogens (tertiary/aromatic N) is 5. The smallest absolute Gasteiger partial charge is 0.269 e. The quantitative estimate of drug-likeness (QED) is 0.0900. The molecule has 2 aromatic heterocycles. The van der Waals surface area contributed by atoms with E-state index in [0.29, 0.717) is 24.5 Å². The van der Waals surface area contributed by atoms with Crippen molar-refractivity contribution in [1.29, 1.82) is 0 Å². The Morgan fingerprint density at radius 2 is 1.82 bits per heavy atom. The first-order valence-electron chi connectivity index (χ1n) is 16.9. The molecule has 1 aromatic carbocycles. The molecule has 1 saturated heterocycles. The van der Waals surface area contributed by atoms with Gasteiger partial charge in [0.15, 0.2) is 0 Å². The van der Waals surface area contributed by atoms with Crippen LogP contribution in [0.15, 0.2) is 65.9 Å². The number of benzene rings is 1. The van der Waals surface area contributed by atoms with Crippen LogP contribution in [0, 0.1) is 5.92 Å². The lowest BCUT2D eigenvalue weighted by atomic mass is 9.91. The van der Waals surface area contributed by atoms with Gasteiger partial charge in [-0.3, -0.25) is 24.0 Å². The molecule has 7 rings (SSSR count). The van der Waals surface area contributed by atoms with E-state index < -0.39 is 0 Å². The highest BCUT2D eigenvalue weighted by Gasteiger charge is 2.38. The number of carbonyl (C=O) groups excluding carboxylic acids is 3. The molecule has 1 unspecified atom stereocenters. The van der Waals surface area contributed by atoms with Crippen LogP contribution < -0.4 is 37.6 Å². The number of nitrogens with one attached hydrogen (secondary N) is 4. The molecule has 4 aliphatic rings. The summed E-state index contributed by atoms with van der Waals surface area (Å²) in [5, 5.41) is 16.6. The summed E-state index contributed by atoms with van der Waals surface area (Å²) in [5.41, 5.74) is 18.9. The van der Waals surface area contributed by atoms with Gasteiger partial charge < -0.3 is 37.6 Å². The van der Waals surface area contributed by atoms with Gasteiger partial charge in [0.1, 0.15) is 17.3 Å². The molecule has 0 bridgehead atoms. The molecular weight excluding hydrogens is 622 g/mol.